The fraction of sp³-hybridized carbons (Fsp3) is 0. The first-order valence-electron chi connectivity index (χ1n) is 22.9. The third-order valence-electron chi connectivity index (χ3n) is 13.1. The Hall–Kier alpha value is -9.19. The van der Waals surface area contributed by atoms with Crippen LogP contribution in [-0.2, 0) is 0 Å². The summed E-state index contributed by atoms with van der Waals surface area (Å²) in [6.45, 7) is 0. The Balaban J connectivity index is 1.14. The predicted octanol–water partition coefficient (Wildman–Crippen LogP) is 16.5. The normalized spacial score (nSPS) is 11.5. The molecule has 5 nitrogen and oxygen atoms in total. The number of rotatable bonds is 8. The molecule has 0 aliphatic heterocycles. The van der Waals surface area contributed by atoms with E-state index in [0.29, 0.717) is 17.5 Å². The minimum Gasteiger partial charge on any atom is -0.455 e. The van der Waals surface area contributed by atoms with Crippen molar-refractivity contribution in [2.75, 3.05) is 0 Å². The van der Waals surface area contributed by atoms with Gasteiger partial charge in [-0.2, -0.15) is 0 Å². The average Bonchev–Trinajstić information content (AvgIpc) is 3.97. The monoisotopic (exact) mass is 868 g/mol. The topological polar surface area (TPSA) is 56.7 Å². The van der Waals surface area contributed by atoms with Crippen LogP contribution >= 0.6 is 0 Å². The fourth-order valence-corrected chi connectivity index (χ4v) is 9.80. The van der Waals surface area contributed by atoms with Gasteiger partial charge in [0, 0.05) is 44.0 Å². The van der Waals surface area contributed by atoms with Gasteiger partial charge in [-0.15, -0.1) is 0 Å². The second-order valence-electron chi connectivity index (χ2n) is 17.1. The molecule has 3 aromatic heterocycles. The smallest absolute Gasteiger partial charge is 0.164 e. The highest BCUT2D eigenvalue weighted by Crippen LogP contribution is 2.46. The molecule has 0 fully saturated rings. The van der Waals surface area contributed by atoms with Crippen LogP contribution in [0.3, 0.4) is 0 Å². The van der Waals surface area contributed by atoms with Crippen LogP contribution in [-0.4, -0.2) is 19.5 Å². The fourth-order valence-electron chi connectivity index (χ4n) is 9.80. The largest absolute Gasteiger partial charge is 0.455 e. The lowest BCUT2D eigenvalue weighted by atomic mass is 9.91. The zero-order valence-corrected chi connectivity index (χ0v) is 36.8. The van der Waals surface area contributed by atoms with Gasteiger partial charge in [-0.3, -0.25) is 0 Å². The van der Waals surface area contributed by atoms with Gasteiger partial charge in [-0.05, 0) is 69.8 Å². The molecule has 0 bridgehead atoms. The summed E-state index contributed by atoms with van der Waals surface area (Å²) < 4.78 is 9.24. The van der Waals surface area contributed by atoms with Gasteiger partial charge >= 0.3 is 0 Å². The first-order valence-corrected chi connectivity index (χ1v) is 22.9. The standard InChI is InChI=1S/C63H40N4O/c1-5-17-41(18-6-1)43-29-33-45(34-30-43)53-39-49(63-65-61(47-21-9-3-10-22-47)64-62(66-63)48-23-11-4-12-24-48)40-54(46-35-31-44(32-36-46)42-19-7-2-8-20-42)59(53)67-55-27-15-13-26-52(55)58-56(67)38-37-51-50-25-14-16-28-57(50)68-60(51)58/h1-40H. The number of benzene rings is 10. The maximum atomic E-state index is 6.80. The molecule has 0 aliphatic carbocycles. The zero-order valence-electron chi connectivity index (χ0n) is 36.8. The minimum atomic E-state index is 0.583. The molecule has 0 N–H and O–H groups in total. The van der Waals surface area contributed by atoms with Crippen molar-refractivity contribution in [1.82, 2.24) is 19.5 Å². The predicted molar refractivity (Wildman–Crippen MR) is 279 cm³/mol. The van der Waals surface area contributed by atoms with Crippen molar-refractivity contribution in [3.63, 3.8) is 0 Å². The maximum absolute atomic E-state index is 6.80. The number of hydrogen-bond donors (Lipinski definition) is 0. The Morgan fingerprint density at radius 3 is 1.24 bits per heavy atom. The van der Waals surface area contributed by atoms with Crippen LogP contribution < -0.4 is 0 Å². The van der Waals surface area contributed by atoms with Crippen molar-refractivity contribution in [3.05, 3.63) is 243 Å². The van der Waals surface area contributed by atoms with E-state index in [0.717, 1.165) is 111 Å². The van der Waals surface area contributed by atoms with Gasteiger partial charge in [0.1, 0.15) is 11.2 Å². The Bertz CT molecular complexity index is 3810. The van der Waals surface area contributed by atoms with Gasteiger partial charge in [0.25, 0.3) is 0 Å². The Kier molecular flexibility index (Phi) is 9.43. The first kappa shape index (κ1) is 39.2. The van der Waals surface area contributed by atoms with Gasteiger partial charge in [-0.25, -0.2) is 15.0 Å². The number of furan rings is 1. The first-order chi connectivity index (χ1) is 33.7. The van der Waals surface area contributed by atoms with Crippen LogP contribution in [0.2, 0.25) is 0 Å². The van der Waals surface area contributed by atoms with Crippen LogP contribution in [0.25, 0.3) is 128 Å². The van der Waals surface area contributed by atoms with E-state index >= 15 is 0 Å². The number of para-hydroxylation sites is 2. The number of fused-ring (bicyclic) bond motifs is 7. The van der Waals surface area contributed by atoms with Crippen molar-refractivity contribution in [3.8, 4) is 84.4 Å². The molecule has 0 atom stereocenters. The zero-order chi connectivity index (χ0) is 45.0. The van der Waals surface area contributed by atoms with Crippen molar-refractivity contribution in [1.29, 1.82) is 0 Å². The molecular weight excluding hydrogens is 829 g/mol. The molecule has 0 amide bonds. The highest BCUT2D eigenvalue weighted by Gasteiger charge is 2.25. The summed E-state index contributed by atoms with van der Waals surface area (Å²) in [6.07, 6.45) is 0. The van der Waals surface area contributed by atoms with Gasteiger partial charge in [0.05, 0.1) is 22.1 Å². The summed E-state index contributed by atoms with van der Waals surface area (Å²) in [5.74, 6) is 1.80. The van der Waals surface area contributed by atoms with Crippen molar-refractivity contribution < 1.29 is 4.42 Å². The van der Waals surface area contributed by atoms with Crippen LogP contribution in [0.4, 0.5) is 0 Å². The van der Waals surface area contributed by atoms with E-state index in [1.807, 2.05) is 42.5 Å². The SMILES string of the molecule is c1ccc(-c2ccc(-c3cc(-c4nc(-c5ccccc5)nc(-c5ccccc5)n4)cc(-c4ccc(-c5ccccc5)cc4)c3-n3c4ccccc4c4c5oc6ccccc6c5ccc43)cc2)cc1. The van der Waals surface area contributed by atoms with Crippen LogP contribution in [0.5, 0.6) is 0 Å². The molecule has 0 aliphatic rings. The van der Waals surface area contributed by atoms with E-state index in [9.17, 15) is 0 Å². The third-order valence-corrected chi connectivity index (χ3v) is 13.1. The maximum Gasteiger partial charge on any atom is 0.164 e. The number of aromatic nitrogens is 4. The highest BCUT2D eigenvalue weighted by molar-refractivity contribution is 6.24. The molecule has 0 radical (unpaired) electrons. The Morgan fingerprint density at radius 1 is 0.294 bits per heavy atom. The van der Waals surface area contributed by atoms with Crippen molar-refractivity contribution in [2.45, 2.75) is 0 Å². The van der Waals surface area contributed by atoms with E-state index in [4.69, 9.17) is 19.4 Å². The lowest BCUT2D eigenvalue weighted by molar-refractivity contribution is 0.673. The third kappa shape index (κ3) is 6.76. The van der Waals surface area contributed by atoms with E-state index < -0.39 is 0 Å². The molecule has 0 unspecified atom stereocenters. The average molecular weight is 869 g/mol. The lowest BCUT2D eigenvalue weighted by Crippen LogP contribution is -2.04. The molecule has 13 rings (SSSR count). The highest BCUT2D eigenvalue weighted by atomic mass is 16.3. The summed E-state index contributed by atoms with van der Waals surface area (Å²) in [4.78, 5) is 15.6. The van der Waals surface area contributed by atoms with Crippen molar-refractivity contribution >= 4 is 43.7 Å². The molecule has 0 saturated carbocycles. The Morgan fingerprint density at radius 2 is 0.706 bits per heavy atom. The molecule has 318 valence electrons. The molecule has 0 saturated heterocycles. The molecule has 10 aromatic carbocycles. The molecule has 68 heavy (non-hydrogen) atoms. The number of nitrogens with zero attached hydrogens (tertiary/aromatic N) is 4. The molecular formula is C63H40N4O. The van der Waals surface area contributed by atoms with Crippen LogP contribution in [0.1, 0.15) is 0 Å². The van der Waals surface area contributed by atoms with Crippen LogP contribution in [0.15, 0.2) is 247 Å². The summed E-state index contributed by atoms with van der Waals surface area (Å²) >= 11 is 0. The van der Waals surface area contributed by atoms with E-state index in [1.54, 1.807) is 0 Å². The Labute approximate surface area is 392 Å². The summed E-state index contributed by atoms with van der Waals surface area (Å²) in [6, 6.07) is 85.4. The second kappa shape index (κ2) is 16.4. The van der Waals surface area contributed by atoms with E-state index in [-0.39, 0.29) is 0 Å². The molecule has 13 aromatic rings. The molecule has 0 spiro atoms. The van der Waals surface area contributed by atoms with Gasteiger partial charge < -0.3 is 8.98 Å². The van der Waals surface area contributed by atoms with Crippen molar-refractivity contribution in [2.24, 2.45) is 0 Å². The van der Waals surface area contributed by atoms with E-state index in [1.165, 1.54) is 0 Å². The lowest BCUT2D eigenvalue weighted by Gasteiger charge is -2.21. The summed E-state index contributed by atoms with van der Waals surface area (Å²) in [7, 11) is 0. The van der Waals surface area contributed by atoms with Gasteiger partial charge in [0.2, 0.25) is 0 Å². The molecule has 3 heterocycles. The van der Waals surface area contributed by atoms with E-state index in [2.05, 4.69) is 205 Å². The minimum absolute atomic E-state index is 0.583. The van der Waals surface area contributed by atoms with Gasteiger partial charge in [-0.1, -0.05) is 206 Å². The molecule has 5 heteroatoms. The van der Waals surface area contributed by atoms with Gasteiger partial charge in [0.15, 0.2) is 17.5 Å². The van der Waals surface area contributed by atoms with Crippen LogP contribution in [0, 0.1) is 0 Å². The summed E-state index contributed by atoms with van der Waals surface area (Å²) in [5, 5.41) is 4.39. The quantitative estimate of drug-likeness (QED) is 0.153. The number of hydrogen-bond acceptors (Lipinski definition) is 4. The second-order valence-corrected chi connectivity index (χ2v) is 17.1. The summed E-state index contributed by atoms with van der Waals surface area (Å²) in [5.41, 5.74) is 16.4.